The summed E-state index contributed by atoms with van der Waals surface area (Å²) in [6.07, 6.45) is 0. The summed E-state index contributed by atoms with van der Waals surface area (Å²) in [4.78, 5) is 38.0. The van der Waals surface area contributed by atoms with Gasteiger partial charge in [0.1, 0.15) is 12.1 Å². The van der Waals surface area contributed by atoms with Crippen molar-refractivity contribution >= 4 is 17.8 Å². The zero-order valence-electron chi connectivity index (χ0n) is 14.8. The second-order valence-corrected chi connectivity index (χ2v) is 8.11. The van der Waals surface area contributed by atoms with E-state index in [0.29, 0.717) is 6.54 Å². The van der Waals surface area contributed by atoms with Crippen LogP contribution < -0.4 is 5.32 Å². The van der Waals surface area contributed by atoms with Gasteiger partial charge in [0, 0.05) is 18.4 Å². The number of nitrogens with zero attached hydrogens (tertiary/aromatic N) is 1. The van der Waals surface area contributed by atoms with Crippen LogP contribution in [0.3, 0.4) is 0 Å². The molecule has 0 radical (unpaired) electrons. The first kappa shape index (κ1) is 17.8. The first-order valence-electron chi connectivity index (χ1n) is 8.33. The van der Waals surface area contributed by atoms with Gasteiger partial charge in [-0.3, -0.25) is 9.59 Å². The normalized spacial score (nSPS) is 29.4. The maximum absolute atomic E-state index is 12.9. The lowest BCUT2D eigenvalue weighted by atomic mass is 9.97. The van der Waals surface area contributed by atoms with Gasteiger partial charge in [0.2, 0.25) is 11.8 Å². The molecule has 2 fully saturated rings. The highest BCUT2D eigenvalue weighted by atomic mass is 16.4. The average Bonchev–Trinajstić information content (AvgIpc) is 2.82. The Kier molecular flexibility index (Phi) is 4.48. The van der Waals surface area contributed by atoms with Gasteiger partial charge in [0.05, 0.1) is 0 Å². The molecular formula is C17H28N2O4. The molecule has 1 unspecified atom stereocenters. The summed E-state index contributed by atoms with van der Waals surface area (Å²) in [7, 11) is 0. The van der Waals surface area contributed by atoms with E-state index in [2.05, 4.69) is 19.2 Å². The Labute approximate surface area is 137 Å². The molecule has 2 aliphatic rings. The first-order valence-corrected chi connectivity index (χ1v) is 8.33. The van der Waals surface area contributed by atoms with E-state index in [1.165, 1.54) is 4.90 Å². The van der Waals surface area contributed by atoms with Crippen molar-refractivity contribution in [3.8, 4) is 0 Å². The SMILES string of the molecule is CC(C)C(=O)NC(C(=O)N1C[C@H]2[C@@H]([C@H]1C(=O)O)C2(C)C)C(C)C. The fraction of sp³-hybridized carbons (Fsp3) is 0.824. The van der Waals surface area contributed by atoms with Crippen molar-refractivity contribution in [3.63, 3.8) is 0 Å². The topological polar surface area (TPSA) is 86.7 Å². The van der Waals surface area contributed by atoms with E-state index in [1.807, 2.05) is 13.8 Å². The molecule has 2 N–H and O–H groups in total. The molecule has 2 amide bonds. The van der Waals surface area contributed by atoms with Gasteiger partial charge in [0.15, 0.2) is 0 Å². The number of carbonyl (C=O) groups excluding carboxylic acids is 2. The third-order valence-electron chi connectivity index (χ3n) is 5.50. The smallest absolute Gasteiger partial charge is 0.326 e. The Balaban J connectivity index is 2.17. The van der Waals surface area contributed by atoms with Crippen LogP contribution in [-0.4, -0.2) is 46.4 Å². The maximum atomic E-state index is 12.9. The summed E-state index contributed by atoms with van der Waals surface area (Å²) in [5, 5.41) is 12.4. The summed E-state index contributed by atoms with van der Waals surface area (Å²) in [6.45, 7) is 11.8. The van der Waals surface area contributed by atoms with E-state index in [9.17, 15) is 19.5 Å². The van der Waals surface area contributed by atoms with E-state index in [4.69, 9.17) is 0 Å². The molecule has 1 heterocycles. The Morgan fingerprint density at radius 3 is 2.17 bits per heavy atom. The van der Waals surface area contributed by atoms with Gasteiger partial charge in [-0.25, -0.2) is 4.79 Å². The average molecular weight is 324 g/mol. The second kappa shape index (κ2) is 5.80. The molecule has 1 saturated carbocycles. The summed E-state index contributed by atoms with van der Waals surface area (Å²) >= 11 is 0. The molecule has 1 aliphatic heterocycles. The van der Waals surface area contributed by atoms with Gasteiger partial charge >= 0.3 is 5.97 Å². The van der Waals surface area contributed by atoms with Crippen LogP contribution in [0.1, 0.15) is 41.5 Å². The molecule has 6 heteroatoms. The van der Waals surface area contributed by atoms with E-state index in [1.54, 1.807) is 13.8 Å². The Morgan fingerprint density at radius 2 is 1.74 bits per heavy atom. The van der Waals surface area contributed by atoms with Crippen molar-refractivity contribution < 1.29 is 19.5 Å². The van der Waals surface area contributed by atoms with E-state index in [-0.39, 0.29) is 40.9 Å². The number of aliphatic carboxylic acids is 1. The number of amides is 2. The van der Waals surface area contributed by atoms with Crippen molar-refractivity contribution in [2.24, 2.45) is 29.1 Å². The van der Waals surface area contributed by atoms with Gasteiger partial charge in [-0.1, -0.05) is 41.5 Å². The number of likely N-dealkylation sites (tertiary alicyclic amines) is 1. The molecule has 4 atom stereocenters. The third-order valence-corrected chi connectivity index (χ3v) is 5.50. The van der Waals surface area contributed by atoms with Crippen LogP contribution in [0.2, 0.25) is 0 Å². The number of hydrogen-bond acceptors (Lipinski definition) is 3. The Morgan fingerprint density at radius 1 is 1.17 bits per heavy atom. The summed E-state index contributed by atoms with van der Waals surface area (Å²) < 4.78 is 0. The zero-order chi connectivity index (χ0) is 17.7. The van der Waals surface area contributed by atoms with Gasteiger partial charge in [-0.15, -0.1) is 0 Å². The minimum atomic E-state index is -0.950. The van der Waals surface area contributed by atoms with Crippen LogP contribution in [0.5, 0.6) is 0 Å². The van der Waals surface area contributed by atoms with Crippen LogP contribution in [0, 0.1) is 29.1 Å². The number of carboxylic acids is 1. The number of hydrogen-bond donors (Lipinski definition) is 2. The van der Waals surface area contributed by atoms with Gasteiger partial charge in [-0.05, 0) is 17.3 Å². The standard InChI is InChI=1S/C17H28N2O4/c1-8(2)12(18-14(20)9(3)4)15(21)19-7-10-11(17(10,5)6)13(19)16(22)23/h8-13H,7H2,1-6H3,(H,18,20)(H,22,23)/t10-,11-,12?,13-/m0/s1. The molecule has 0 bridgehead atoms. The Bertz CT molecular complexity index is 527. The molecule has 23 heavy (non-hydrogen) atoms. The van der Waals surface area contributed by atoms with Crippen molar-refractivity contribution in [1.29, 1.82) is 0 Å². The molecule has 0 spiro atoms. The maximum Gasteiger partial charge on any atom is 0.326 e. The van der Waals surface area contributed by atoms with Crippen molar-refractivity contribution in [2.75, 3.05) is 6.54 Å². The minimum absolute atomic E-state index is 0.0116. The number of carbonyl (C=O) groups is 3. The van der Waals surface area contributed by atoms with Crippen LogP contribution in [0.15, 0.2) is 0 Å². The van der Waals surface area contributed by atoms with E-state index in [0.717, 1.165) is 0 Å². The molecule has 130 valence electrons. The largest absolute Gasteiger partial charge is 0.480 e. The van der Waals surface area contributed by atoms with Crippen molar-refractivity contribution in [2.45, 2.75) is 53.6 Å². The molecular weight excluding hydrogens is 296 g/mol. The van der Waals surface area contributed by atoms with Gasteiger partial charge in [0.25, 0.3) is 0 Å². The number of carboxylic acid groups (broad SMARTS) is 1. The van der Waals surface area contributed by atoms with Crippen LogP contribution in [0.25, 0.3) is 0 Å². The van der Waals surface area contributed by atoms with Crippen LogP contribution in [-0.2, 0) is 14.4 Å². The number of rotatable bonds is 5. The lowest BCUT2D eigenvalue weighted by molar-refractivity contribution is -0.152. The highest BCUT2D eigenvalue weighted by Gasteiger charge is 2.69. The third kappa shape index (κ3) is 2.95. The monoisotopic (exact) mass is 324 g/mol. The lowest BCUT2D eigenvalue weighted by Gasteiger charge is -2.33. The number of nitrogens with one attached hydrogen (secondary N) is 1. The van der Waals surface area contributed by atoms with Crippen LogP contribution >= 0.6 is 0 Å². The van der Waals surface area contributed by atoms with E-state index >= 15 is 0 Å². The highest BCUT2D eigenvalue weighted by Crippen LogP contribution is 2.64. The van der Waals surface area contributed by atoms with Gasteiger partial charge in [-0.2, -0.15) is 0 Å². The predicted octanol–water partition coefficient (Wildman–Crippen LogP) is 1.35. The first-order chi connectivity index (χ1) is 10.5. The second-order valence-electron chi connectivity index (χ2n) is 8.11. The van der Waals surface area contributed by atoms with Crippen molar-refractivity contribution in [1.82, 2.24) is 10.2 Å². The molecule has 2 rings (SSSR count). The summed E-state index contributed by atoms with van der Waals surface area (Å²) in [6, 6.07) is -1.45. The predicted molar refractivity (Wildman–Crippen MR) is 85.5 cm³/mol. The lowest BCUT2D eigenvalue weighted by Crippen LogP contribution is -2.56. The molecule has 0 aromatic rings. The fourth-order valence-corrected chi connectivity index (χ4v) is 3.81. The molecule has 0 aromatic carbocycles. The quantitative estimate of drug-likeness (QED) is 0.799. The molecule has 1 aliphatic carbocycles. The highest BCUT2D eigenvalue weighted by molar-refractivity contribution is 5.92. The minimum Gasteiger partial charge on any atom is -0.480 e. The number of fused-ring (bicyclic) bond motifs is 1. The van der Waals surface area contributed by atoms with Crippen LogP contribution in [0.4, 0.5) is 0 Å². The zero-order valence-corrected chi connectivity index (χ0v) is 14.8. The Hall–Kier alpha value is -1.59. The summed E-state index contributed by atoms with van der Waals surface area (Å²) in [5.74, 6) is -1.47. The number of piperidine rings is 1. The summed E-state index contributed by atoms with van der Waals surface area (Å²) in [5.41, 5.74) is -0.0195. The molecule has 1 saturated heterocycles. The van der Waals surface area contributed by atoms with E-state index < -0.39 is 18.1 Å². The van der Waals surface area contributed by atoms with Crippen molar-refractivity contribution in [3.05, 3.63) is 0 Å². The van der Waals surface area contributed by atoms with Gasteiger partial charge < -0.3 is 15.3 Å². The fourth-order valence-electron chi connectivity index (χ4n) is 3.81. The molecule has 6 nitrogen and oxygen atoms in total. The molecule has 0 aromatic heterocycles.